The van der Waals surface area contributed by atoms with Crippen molar-refractivity contribution in [2.45, 2.75) is 51.2 Å². The lowest BCUT2D eigenvalue weighted by molar-refractivity contribution is -0.127. The number of aliphatic hydroxyl groups excluding tert-OH is 1. The summed E-state index contributed by atoms with van der Waals surface area (Å²) in [7, 11) is 0. The molecule has 6 heteroatoms. The van der Waals surface area contributed by atoms with E-state index in [4.69, 9.17) is 4.74 Å². The van der Waals surface area contributed by atoms with Gasteiger partial charge in [-0.2, -0.15) is 0 Å². The number of allylic oxidation sites excluding steroid dienone is 1. The van der Waals surface area contributed by atoms with Crippen molar-refractivity contribution in [2.24, 2.45) is 0 Å². The molecule has 0 fully saturated rings. The van der Waals surface area contributed by atoms with E-state index in [2.05, 4.69) is 0 Å². The molecular weight excluding hydrogens is 312 g/mol. The summed E-state index contributed by atoms with van der Waals surface area (Å²) in [5.74, 6) is -1.43. The van der Waals surface area contributed by atoms with Crippen LogP contribution in [0.5, 0.6) is 11.5 Å². The van der Waals surface area contributed by atoms with Gasteiger partial charge in [0, 0.05) is 12.5 Å². The highest BCUT2D eigenvalue weighted by Crippen LogP contribution is 2.30. The van der Waals surface area contributed by atoms with Crippen molar-refractivity contribution in [1.29, 1.82) is 0 Å². The van der Waals surface area contributed by atoms with Crippen molar-refractivity contribution in [3.05, 3.63) is 29.3 Å². The Kier molecular flexibility index (Phi) is 5.98. The van der Waals surface area contributed by atoms with Crippen LogP contribution >= 0.6 is 0 Å². The molecule has 1 heterocycles. The summed E-state index contributed by atoms with van der Waals surface area (Å²) >= 11 is 0. The first kappa shape index (κ1) is 18.0. The molecule has 0 spiro atoms. The Morgan fingerprint density at radius 2 is 1.92 bits per heavy atom. The number of carbonyl (C=O) groups is 2. The van der Waals surface area contributed by atoms with Crippen LogP contribution in [0.4, 0.5) is 0 Å². The van der Waals surface area contributed by atoms with Crippen molar-refractivity contribution in [3.8, 4) is 11.5 Å². The van der Waals surface area contributed by atoms with Gasteiger partial charge in [-0.25, -0.2) is 4.79 Å². The van der Waals surface area contributed by atoms with Crippen LogP contribution in [-0.4, -0.2) is 39.3 Å². The average Bonchev–Trinajstić information content (AvgIpc) is 2.50. The molecule has 0 aromatic heterocycles. The standard InChI is InChI=1S/C18H22O6/c1-11-7-8-15(21)14(20)6-4-2-3-5-12-9-13(19)10-16(22)17(12)18(23)24-11/h3,5,9-11,15,19,21-22H,2,4,6-8H2,1H3. The molecule has 0 aliphatic carbocycles. The third kappa shape index (κ3) is 4.58. The average molecular weight is 334 g/mol. The van der Waals surface area contributed by atoms with Crippen LogP contribution in [-0.2, 0) is 9.53 Å². The highest BCUT2D eigenvalue weighted by atomic mass is 16.5. The van der Waals surface area contributed by atoms with Gasteiger partial charge in [0.25, 0.3) is 0 Å². The number of benzene rings is 1. The van der Waals surface area contributed by atoms with Gasteiger partial charge in [0.15, 0.2) is 5.78 Å². The van der Waals surface area contributed by atoms with Crippen molar-refractivity contribution in [3.63, 3.8) is 0 Å². The quantitative estimate of drug-likeness (QED) is 0.630. The summed E-state index contributed by atoms with van der Waals surface area (Å²) in [5, 5.41) is 29.4. The Balaban J connectivity index is 2.32. The van der Waals surface area contributed by atoms with E-state index in [1.54, 1.807) is 19.1 Å². The zero-order chi connectivity index (χ0) is 17.7. The third-order valence-corrected chi connectivity index (χ3v) is 3.95. The van der Waals surface area contributed by atoms with Crippen molar-refractivity contribution < 1.29 is 29.6 Å². The molecule has 2 rings (SSSR count). The third-order valence-electron chi connectivity index (χ3n) is 3.95. The molecule has 2 unspecified atom stereocenters. The molecule has 130 valence electrons. The number of cyclic esters (lactones) is 1. The number of Topliss-reactive ketones (excluding diaryl/α,β-unsaturated/α-hetero) is 1. The van der Waals surface area contributed by atoms with Crippen LogP contribution < -0.4 is 0 Å². The number of phenols is 2. The first-order valence-electron chi connectivity index (χ1n) is 8.02. The number of ketones is 1. The lowest BCUT2D eigenvalue weighted by atomic mass is 10.0. The number of aromatic hydroxyl groups is 2. The van der Waals surface area contributed by atoms with E-state index in [0.29, 0.717) is 24.8 Å². The van der Waals surface area contributed by atoms with Gasteiger partial charge in [0.1, 0.15) is 23.2 Å². The second-order valence-corrected chi connectivity index (χ2v) is 6.00. The molecule has 1 aliphatic heterocycles. The summed E-state index contributed by atoms with van der Waals surface area (Å²) in [5.41, 5.74) is 0.345. The van der Waals surface area contributed by atoms with Gasteiger partial charge in [-0.05, 0) is 44.2 Å². The number of ether oxygens (including phenoxy) is 1. The number of esters is 1. The Labute approximate surface area is 140 Å². The maximum Gasteiger partial charge on any atom is 0.342 e. The topological polar surface area (TPSA) is 104 Å². The summed E-state index contributed by atoms with van der Waals surface area (Å²) in [6.45, 7) is 1.66. The number of fused-ring (bicyclic) bond motifs is 1. The van der Waals surface area contributed by atoms with E-state index in [1.807, 2.05) is 0 Å². The summed E-state index contributed by atoms with van der Waals surface area (Å²) in [4.78, 5) is 24.1. The van der Waals surface area contributed by atoms with E-state index in [0.717, 1.165) is 6.07 Å². The van der Waals surface area contributed by atoms with E-state index < -0.39 is 18.2 Å². The van der Waals surface area contributed by atoms with E-state index in [9.17, 15) is 24.9 Å². The second-order valence-electron chi connectivity index (χ2n) is 6.00. The van der Waals surface area contributed by atoms with Crippen molar-refractivity contribution in [1.82, 2.24) is 0 Å². The molecule has 1 aromatic rings. The smallest absolute Gasteiger partial charge is 0.342 e. The fourth-order valence-electron chi connectivity index (χ4n) is 2.61. The fourth-order valence-corrected chi connectivity index (χ4v) is 2.61. The van der Waals surface area contributed by atoms with Crippen LogP contribution in [0, 0.1) is 0 Å². The van der Waals surface area contributed by atoms with Crippen LogP contribution in [0.1, 0.15) is 54.9 Å². The number of phenolic OH excluding ortho intramolecular Hbond substituents is 2. The molecule has 1 aliphatic rings. The lowest BCUT2D eigenvalue weighted by Gasteiger charge is -2.17. The van der Waals surface area contributed by atoms with E-state index in [-0.39, 0.29) is 35.7 Å². The minimum absolute atomic E-state index is 0.00964. The molecule has 2 atom stereocenters. The van der Waals surface area contributed by atoms with E-state index in [1.165, 1.54) is 6.07 Å². The molecule has 6 nitrogen and oxygen atoms in total. The van der Waals surface area contributed by atoms with Crippen LogP contribution in [0.15, 0.2) is 18.2 Å². The summed E-state index contributed by atoms with van der Waals surface area (Å²) < 4.78 is 5.29. The largest absolute Gasteiger partial charge is 0.508 e. The Bertz CT molecular complexity index is 649. The highest BCUT2D eigenvalue weighted by Gasteiger charge is 2.22. The number of carbonyl (C=O) groups excluding carboxylic acids is 2. The Morgan fingerprint density at radius 3 is 2.67 bits per heavy atom. The van der Waals surface area contributed by atoms with Crippen LogP contribution in [0.25, 0.3) is 6.08 Å². The van der Waals surface area contributed by atoms with Gasteiger partial charge in [-0.1, -0.05) is 12.2 Å². The number of hydrogen-bond donors (Lipinski definition) is 3. The normalized spacial score (nSPS) is 23.2. The lowest BCUT2D eigenvalue weighted by Crippen LogP contribution is -2.23. The van der Waals surface area contributed by atoms with Crippen LogP contribution in [0.2, 0.25) is 0 Å². The van der Waals surface area contributed by atoms with Crippen molar-refractivity contribution >= 4 is 17.8 Å². The maximum atomic E-state index is 12.3. The number of rotatable bonds is 0. The molecule has 1 aromatic carbocycles. The predicted octanol–water partition coefficient (Wildman–Crippen LogP) is 2.55. The minimum Gasteiger partial charge on any atom is -0.508 e. The summed E-state index contributed by atoms with van der Waals surface area (Å²) in [6.07, 6.45) is 3.76. The molecule has 3 N–H and O–H groups in total. The molecule has 0 saturated carbocycles. The van der Waals surface area contributed by atoms with Gasteiger partial charge in [0.05, 0.1) is 6.10 Å². The maximum absolute atomic E-state index is 12.3. The molecule has 24 heavy (non-hydrogen) atoms. The molecule has 0 radical (unpaired) electrons. The monoisotopic (exact) mass is 334 g/mol. The number of hydrogen-bond acceptors (Lipinski definition) is 6. The van der Waals surface area contributed by atoms with Gasteiger partial charge < -0.3 is 20.1 Å². The van der Waals surface area contributed by atoms with Gasteiger partial charge in [-0.3, -0.25) is 4.79 Å². The van der Waals surface area contributed by atoms with E-state index >= 15 is 0 Å². The first-order chi connectivity index (χ1) is 11.4. The molecule has 0 saturated heterocycles. The minimum atomic E-state index is -1.05. The predicted molar refractivity (Wildman–Crippen MR) is 87.8 cm³/mol. The Morgan fingerprint density at radius 1 is 1.17 bits per heavy atom. The van der Waals surface area contributed by atoms with Crippen molar-refractivity contribution in [2.75, 3.05) is 0 Å². The second kappa shape index (κ2) is 7.97. The molecule has 0 bridgehead atoms. The number of aliphatic hydroxyl groups is 1. The SMILES string of the molecule is CC1CCC(O)C(=O)CCCC=Cc2cc(O)cc(O)c2C(=O)O1. The van der Waals surface area contributed by atoms with Crippen LogP contribution in [0.3, 0.4) is 0 Å². The zero-order valence-corrected chi connectivity index (χ0v) is 13.6. The fraction of sp³-hybridized carbons (Fsp3) is 0.444. The Hall–Kier alpha value is -2.34. The molecule has 0 amide bonds. The first-order valence-corrected chi connectivity index (χ1v) is 8.02. The van der Waals surface area contributed by atoms with Gasteiger partial charge in [0.2, 0.25) is 0 Å². The molecular formula is C18H22O6. The van der Waals surface area contributed by atoms with Gasteiger partial charge in [-0.15, -0.1) is 0 Å². The summed E-state index contributed by atoms with van der Waals surface area (Å²) in [6, 6.07) is 2.46. The van der Waals surface area contributed by atoms with Gasteiger partial charge >= 0.3 is 5.97 Å². The zero-order valence-electron chi connectivity index (χ0n) is 13.6. The highest BCUT2D eigenvalue weighted by molar-refractivity contribution is 5.97.